The first-order valence-corrected chi connectivity index (χ1v) is 10.3. The minimum atomic E-state index is -0.00622. The molecule has 0 bridgehead atoms. The second-order valence-corrected chi connectivity index (χ2v) is 7.67. The van der Waals surface area contributed by atoms with Crippen LogP contribution < -0.4 is 0 Å². The molecule has 1 aliphatic rings. The summed E-state index contributed by atoms with van der Waals surface area (Å²) >= 11 is 0. The number of hydrogen-bond acceptors (Lipinski definition) is 5. The molecule has 1 aliphatic carbocycles. The number of amides is 1. The quantitative estimate of drug-likeness (QED) is 0.540. The average molecular weight is 390 g/mol. The number of benzene rings is 1. The molecule has 0 aliphatic heterocycles. The highest BCUT2D eigenvalue weighted by atomic mass is 16.5. The zero-order valence-electron chi connectivity index (χ0n) is 16.9. The maximum Gasteiger partial charge on any atom is 0.254 e. The highest BCUT2D eigenvalue weighted by Gasteiger charge is 2.30. The first-order chi connectivity index (χ1) is 14.2. The lowest BCUT2D eigenvalue weighted by Crippen LogP contribution is -2.31. The Bertz CT molecular complexity index is 949. The molecule has 6 nitrogen and oxygen atoms in total. The average Bonchev–Trinajstić information content (AvgIpc) is 3.51. The molecule has 0 radical (unpaired) electrons. The molecule has 2 heterocycles. The summed E-state index contributed by atoms with van der Waals surface area (Å²) < 4.78 is 5.33. The molecule has 150 valence electrons. The summed E-state index contributed by atoms with van der Waals surface area (Å²) in [7, 11) is 1.87. The van der Waals surface area contributed by atoms with Gasteiger partial charge in [-0.1, -0.05) is 43.1 Å². The lowest BCUT2D eigenvalue weighted by molar-refractivity contribution is 0.0720. The number of rotatable bonds is 8. The second kappa shape index (κ2) is 8.55. The fourth-order valence-corrected chi connectivity index (χ4v) is 3.51. The SMILES string of the molecule is CCCCC(c1cccnc1)N(C)C(=O)c1ccc(-c2noc(C3CC3)n2)cc1. The van der Waals surface area contributed by atoms with E-state index in [9.17, 15) is 4.79 Å². The number of nitrogens with zero attached hydrogens (tertiary/aromatic N) is 4. The molecule has 1 saturated carbocycles. The normalized spacial score (nSPS) is 14.6. The summed E-state index contributed by atoms with van der Waals surface area (Å²) in [5.74, 6) is 1.72. The molecule has 1 aromatic carbocycles. The van der Waals surface area contributed by atoms with Crippen LogP contribution in [-0.2, 0) is 0 Å². The maximum atomic E-state index is 13.1. The number of unbranched alkanes of at least 4 members (excludes halogenated alkanes) is 1. The van der Waals surface area contributed by atoms with Gasteiger partial charge in [0.2, 0.25) is 11.7 Å². The molecule has 1 unspecified atom stereocenters. The molecule has 1 fully saturated rings. The van der Waals surface area contributed by atoms with Crippen LogP contribution in [0.2, 0.25) is 0 Å². The lowest BCUT2D eigenvalue weighted by atomic mass is 10.0. The van der Waals surface area contributed by atoms with Crippen molar-refractivity contribution in [3.05, 3.63) is 65.8 Å². The van der Waals surface area contributed by atoms with Gasteiger partial charge in [-0.2, -0.15) is 4.98 Å². The molecule has 0 N–H and O–H groups in total. The summed E-state index contributed by atoms with van der Waals surface area (Å²) in [6.45, 7) is 2.16. The topological polar surface area (TPSA) is 72.1 Å². The number of carbonyl (C=O) groups is 1. The third-order valence-corrected chi connectivity index (χ3v) is 5.45. The minimum Gasteiger partial charge on any atom is -0.339 e. The summed E-state index contributed by atoms with van der Waals surface area (Å²) in [5.41, 5.74) is 2.56. The molecule has 2 aromatic heterocycles. The van der Waals surface area contributed by atoms with Crippen molar-refractivity contribution in [1.29, 1.82) is 0 Å². The Labute approximate surface area is 171 Å². The van der Waals surface area contributed by atoms with Crippen LogP contribution in [0.5, 0.6) is 0 Å². The molecule has 1 atom stereocenters. The van der Waals surface area contributed by atoms with Gasteiger partial charge in [0.25, 0.3) is 5.91 Å². The molecule has 29 heavy (non-hydrogen) atoms. The summed E-state index contributed by atoms with van der Waals surface area (Å²) in [6.07, 6.45) is 8.90. The van der Waals surface area contributed by atoms with Crippen LogP contribution in [0.1, 0.15) is 72.8 Å². The van der Waals surface area contributed by atoms with Crippen molar-refractivity contribution in [3.8, 4) is 11.4 Å². The van der Waals surface area contributed by atoms with Gasteiger partial charge in [-0.3, -0.25) is 9.78 Å². The van der Waals surface area contributed by atoms with Gasteiger partial charge >= 0.3 is 0 Å². The first kappa shape index (κ1) is 19.3. The van der Waals surface area contributed by atoms with Crippen LogP contribution in [0.4, 0.5) is 0 Å². The van der Waals surface area contributed by atoms with Crippen LogP contribution >= 0.6 is 0 Å². The van der Waals surface area contributed by atoms with Crippen LogP contribution in [0.25, 0.3) is 11.4 Å². The van der Waals surface area contributed by atoms with Crippen molar-refractivity contribution in [3.63, 3.8) is 0 Å². The fraction of sp³-hybridized carbons (Fsp3) is 0.391. The number of carbonyl (C=O) groups excluding carboxylic acids is 1. The Kier molecular flexibility index (Phi) is 5.69. The van der Waals surface area contributed by atoms with Crippen LogP contribution in [0, 0.1) is 0 Å². The van der Waals surface area contributed by atoms with Crippen LogP contribution in [-0.4, -0.2) is 33.0 Å². The molecule has 0 saturated heterocycles. The fourth-order valence-electron chi connectivity index (χ4n) is 3.51. The minimum absolute atomic E-state index is 0.00622. The van der Waals surface area contributed by atoms with Gasteiger partial charge < -0.3 is 9.42 Å². The third-order valence-electron chi connectivity index (χ3n) is 5.45. The van der Waals surface area contributed by atoms with Gasteiger partial charge in [0.05, 0.1) is 6.04 Å². The molecular weight excluding hydrogens is 364 g/mol. The van der Waals surface area contributed by atoms with E-state index in [1.165, 1.54) is 0 Å². The largest absolute Gasteiger partial charge is 0.339 e. The lowest BCUT2D eigenvalue weighted by Gasteiger charge is -2.28. The highest BCUT2D eigenvalue weighted by Crippen LogP contribution is 2.39. The number of hydrogen-bond donors (Lipinski definition) is 0. The van der Waals surface area contributed by atoms with Gasteiger partial charge in [0, 0.05) is 36.5 Å². The van der Waals surface area contributed by atoms with E-state index in [0.29, 0.717) is 17.3 Å². The third kappa shape index (κ3) is 4.36. The van der Waals surface area contributed by atoms with E-state index in [-0.39, 0.29) is 11.9 Å². The Morgan fingerprint density at radius 1 is 1.24 bits per heavy atom. The van der Waals surface area contributed by atoms with E-state index in [4.69, 9.17) is 4.52 Å². The van der Waals surface area contributed by atoms with Crippen molar-refractivity contribution in [1.82, 2.24) is 20.0 Å². The standard InChI is InChI=1S/C23H26N4O2/c1-3-4-7-20(19-6-5-14-24-15-19)27(2)23(28)18-12-8-16(9-13-18)21-25-22(29-26-21)17-10-11-17/h5-6,8-9,12-15,17,20H,3-4,7,10-11H2,1-2H3. The molecule has 3 aromatic rings. The van der Waals surface area contributed by atoms with Gasteiger partial charge in [-0.25, -0.2) is 0 Å². The van der Waals surface area contributed by atoms with E-state index in [0.717, 1.165) is 49.1 Å². The van der Waals surface area contributed by atoms with E-state index < -0.39 is 0 Å². The summed E-state index contributed by atoms with van der Waals surface area (Å²) in [5, 5.41) is 4.07. The number of pyridine rings is 1. The van der Waals surface area contributed by atoms with Crippen molar-refractivity contribution >= 4 is 5.91 Å². The predicted molar refractivity (Wildman–Crippen MR) is 110 cm³/mol. The van der Waals surface area contributed by atoms with Gasteiger partial charge in [0.15, 0.2) is 0 Å². The Balaban J connectivity index is 1.50. The molecular formula is C23H26N4O2. The molecule has 0 spiro atoms. The first-order valence-electron chi connectivity index (χ1n) is 10.3. The molecule has 4 rings (SSSR count). The van der Waals surface area contributed by atoms with Crippen LogP contribution in [0.3, 0.4) is 0 Å². The van der Waals surface area contributed by atoms with E-state index in [1.54, 1.807) is 6.20 Å². The Morgan fingerprint density at radius 2 is 2.03 bits per heavy atom. The van der Waals surface area contributed by atoms with E-state index in [1.807, 2.05) is 54.5 Å². The predicted octanol–water partition coefficient (Wildman–Crippen LogP) is 5.01. The summed E-state index contributed by atoms with van der Waals surface area (Å²) in [4.78, 5) is 23.7. The van der Waals surface area contributed by atoms with Gasteiger partial charge in [-0.15, -0.1) is 0 Å². The van der Waals surface area contributed by atoms with E-state index in [2.05, 4.69) is 22.0 Å². The van der Waals surface area contributed by atoms with Crippen molar-refractivity contribution in [2.24, 2.45) is 0 Å². The molecule has 1 amide bonds. The van der Waals surface area contributed by atoms with Crippen molar-refractivity contribution in [2.75, 3.05) is 7.05 Å². The summed E-state index contributed by atoms with van der Waals surface area (Å²) in [6, 6.07) is 11.4. The van der Waals surface area contributed by atoms with Gasteiger partial charge in [0.1, 0.15) is 0 Å². The van der Waals surface area contributed by atoms with Gasteiger partial charge in [-0.05, 0) is 43.0 Å². The smallest absolute Gasteiger partial charge is 0.254 e. The Morgan fingerprint density at radius 3 is 2.69 bits per heavy atom. The van der Waals surface area contributed by atoms with E-state index >= 15 is 0 Å². The zero-order valence-corrected chi connectivity index (χ0v) is 16.9. The van der Waals surface area contributed by atoms with Crippen molar-refractivity contribution < 1.29 is 9.32 Å². The Hall–Kier alpha value is -3.02. The number of aromatic nitrogens is 3. The van der Waals surface area contributed by atoms with Crippen LogP contribution in [0.15, 0.2) is 53.3 Å². The monoisotopic (exact) mass is 390 g/mol. The second-order valence-electron chi connectivity index (χ2n) is 7.67. The maximum absolute atomic E-state index is 13.1. The van der Waals surface area contributed by atoms with Crippen molar-refractivity contribution in [2.45, 2.75) is 51.0 Å². The molecule has 6 heteroatoms. The highest BCUT2D eigenvalue weighted by molar-refractivity contribution is 5.94. The zero-order chi connectivity index (χ0) is 20.2.